The van der Waals surface area contributed by atoms with Gasteiger partial charge in [-0.3, -0.25) is 0 Å². The van der Waals surface area contributed by atoms with Gasteiger partial charge in [0.1, 0.15) is 12.3 Å². The molecule has 0 spiro atoms. The van der Waals surface area contributed by atoms with Crippen LogP contribution in [-0.2, 0) is 13.0 Å². The number of hydrogen-bond acceptors (Lipinski definition) is 1. The Hall–Kier alpha value is -1.80. The molecule has 0 saturated carbocycles. The van der Waals surface area contributed by atoms with Crippen LogP contribution >= 0.6 is 0 Å². The fraction of sp³-hybridized carbons (Fsp3) is 0.429. The summed E-state index contributed by atoms with van der Waals surface area (Å²) in [6, 6.07) is 15.3. The smallest absolute Gasteiger partial charge is 0.122 e. The van der Waals surface area contributed by atoms with Gasteiger partial charge >= 0.3 is 0 Å². The number of unbranched alkanes of at least 4 members (excludes halogenated alkanes) is 1. The quantitative estimate of drug-likeness (QED) is 0.810. The van der Waals surface area contributed by atoms with Gasteiger partial charge in [0, 0.05) is 12.0 Å². The third-order valence-electron chi connectivity index (χ3n) is 4.82. The number of benzene rings is 2. The van der Waals surface area contributed by atoms with E-state index >= 15 is 0 Å². The van der Waals surface area contributed by atoms with E-state index in [2.05, 4.69) is 56.3 Å². The lowest BCUT2D eigenvalue weighted by atomic mass is 10.00. The summed E-state index contributed by atoms with van der Waals surface area (Å²) in [5, 5.41) is 0. The highest BCUT2D eigenvalue weighted by Crippen LogP contribution is 2.18. The minimum atomic E-state index is 0.827. The second-order valence-electron chi connectivity index (χ2n) is 6.77. The Labute approximate surface area is 140 Å². The Kier molecular flexibility index (Phi) is 5.35. The van der Waals surface area contributed by atoms with E-state index in [0.29, 0.717) is 0 Å². The summed E-state index contributed by atoms with van der Waals surface area (Å²) in [7, 11) is 0. The summed E-state index contributed by atoms with van der Waals surface area (Å²) in [6.07, 6.45) is 3.60. The Morgan fingerprint density at radius 1 is 1.00 bits per heavy atom. The van der Waals surface area contributed by atoms with Crippen LogP contribution in [0.2, 0.25) is 0 Å². The number of nitrogens with one attached hydrogen (secondary N) is 1. The lowest BCUT2D eigenvalue weighted by Crippen LogP contribution is -3.11. The second-order valence-corrected chi connectivity index (χ2v) is 6.77. The van der Waals surface area contributed by atoms with E-state index in [1.54, 1.807) is 16.0 Å². The van der Waals surface area contributed by atoms with Crippen molar-refractivity contribution in [2.45, 2.75) is 39.7 Å². The molecular formula is C21H28NO+. The summed E-state index contributed by atoms with van der Waals surface area (Å²) in [5.74, 6) is 1.04. The van der Waals surface area contributed by atoms with Gasteiger partial charge in [-0.1, -0.05) is 42.0 Å². The van der Waals surface area contributed by atoms with Crippen LogP contribution in [-0.4, -0.2) is 19.7 Å². The van der Waals surface area contributed by atoms with E-state index in [1.165, 1.54) is 43.6 Å². The van der Waals surface area contributed by atoms with E-state index in [1.807, 2.05) is 0 Å². The van der Waals surface area contributed by atoms with Gasteiger partial charge in [-0.2, -0.15) is 0 Å². The van der Waals surface area contributed by atoms with Crippen molar-refractivity contribution in [1.29, 1.82) is 0 Å². The molecule has 0 aliphatic carbocycles. The van der Waals surface area contributed by atoms with Gasteiger partial charge in [0.15, 0.2) is 0 Å². The van der Waals surface area contributed by atoms with Crippen LogP contribution in [0.15, 0.2) is 42.5 Å². The van der Waals surface area contributed by atoms with Crippen LogP contribution in [0.4, 0.5) is 0 Å². The predicted molar refractivity (Wildman–Crippen MR) is 95.2 cm³/mol. The molecule has 122 valence electrons. The van der Waals surface area contributed by atoms with E-state index in [0.717, 1.165) is 18.8 Å². The van der Waals surface area contributed by atoms with Gasteiger partial charge in [0.05, 0.1) is 19.7 Å². The minimum Gasteiger partial charge on any atom is -0.493 e. The van der Waals surface area contributed by atoms with E-state index in [9.17, 15) is 0 Å². The first-order chi connectivity index (χ1) is 11.2. The maximum atomic E-state index is 5.93. The molecule has 1 N–H and O–H groups in total. The predicted octanol–water partition coefficient (Wildman–Crippen LogP) is 3.10. The topological polar surface area (TPSA) is 13.7 Å². The van der Waals surface area contributed by atoms with Crippen molar-refractivity contribution in [2.75, 3.05) is 19.7 Å². The van der Waals surface area contributed by atoms with Gasteiger partial charge in [-0.05, 0) is 43.9 Å². The molecule has 2 heteroatoms. The molecule has 0 fully saturated rings. The number of fused-ring (bicyclic) bond motifs is 1. The van der Waals surface area contributed by atoms with Crippen molar-refractivity contribution < 1.29 is 9.64 Å². The highest BCUT2D eigenvalue weighted by molar-refractivity contribution is 5.35. The number of quaternary nitrogens is 1. The molecule has 0 saturated heterocycles. The fourth-order valence-corrected chi connectivity index (χ4v) is 3.48. The van der Waals surface area contributed by atoms with Gasteiger partial charge in [0.25, 0.3) is 0 Å². The zero-order chi connectivity index (χ0) is 16.1. The third kappa shape index (κ3) is 4.35. The molecule has 0 radical (unpaired) electrons. The summed E-state index contributed by atoms with van der Waals surface area (Å²) in [4.78, 5) is 1.72. The summed E-state index contributed by atoms with van der Waals surface area (Å²) < 4.78 is 5.93. The molecule has 1 aliphatic rings. The number of rotatable bonds is 6. The van der Waals surface area contributed by atoms with Crippen molar-refractivity contribution in [2.24, 2.45) is 0 Å². The first-order valence-electron chi connectivity index (χ1n) is 8.83. The van der Waals surface area contributed by atoms with Gasteiger partial charge in [0.2, 0.25) is 0 Å². The van der Waals surface area contributed by atoms with Crippen LogP contribution in [0.5, 0.6) is 5.75 Å². The molecule has 23 heavy (non-hydrogen) atoms. The highest BCUT2D eigenvalue weighted by Gasteiger charge is 2.17. The molecule has 0 aromatic heterocycles. The molecule has 1 atom stereocenters. The molecule has 2 nitrogen and oxygen atoms in total. The summed E-state index contributed by atoms with van der Waals surface area (Å²) in [6.45, 7) is 8.79. The average Bonchev–Trinajstić information content (AvgIpc) is 2.56. The average molecular weight is 310 g/mol. The van der Waals surface area contributed by atoms with Crippen LogP contribution in [0, 0.1) is 13.8 Å². The van der Waals surface area contributed by atoms with Gasteiger partial charge in [-0.25, -0.2) is 0 Å². The monoisotopic (exact) mass is 310 g/mol. The zero-order valence-corrected chi connectivity index (χ0v) is 14.4. The van der Waals surface area contributed by atoms with E-state index < -0.39 is 0 Å². The normalized spacial score (nSPS) is 16.9. The highest BCUT2D eigenvalue weighted by atomic mass is 16.5. The lowest BCUT2D eigenvalue weighted by molar-refractivity contribution is -0.916. The van der Waals surface area contributed by atoms with Crippen LogP contribution in [0.25, 0.3) is 0 Å². The number of ether oxygens (including phenoxy) is 1. The summed E-state index contributed by atoms with van der Waals surface area (Å²) in [5.41, 5.74) is 5.63. The molecule has 3 rings (SSSR count). The maximum absolute atomic E-state index is 5.93. The van der Waals surface area contributed by atoms with Crippen molar-refractivity contribution in [1.82, 2.24) is 0 Å². The molecule has 1 unspecified atom stereocenters. The molecule has 1 heterocycles. The molecule has 0 amide bonds. The summed E-state index contributed by atoms with van der Waals surface area (Å²) >= 11 is 0. The largest absolute Gasteiger partial charge is 0.493 e. The first kappa shape index (κ1) is 16.1. The van der Waals surface area contributed by atoms with E-state index in [4.69, 9.17) is 4.74 Å². The Morgan fingerprint density at radius 3 is 2.65 bits per heavy atom. The Balaban J connectivity index is 1.38. The number of hydrogen-bond donors (Lipinski definition) is 1. The van der Waals surface area contributed by atoms with Gasteiger partial charge in [-0.15, -0.1) is 0 Å². The molecule has 1 aliphatic heterocycles. The lowest BCUT2D eigenvalue weighted by Gasteiger charge is -2.25. The first-order valence-corrected chi connectivity index (χ1v) is 8.83. The molecule has 2 aromatic carbocycles. The third-order valence-corrected chi connectivity index (χ3v) is 4.82. The molecular weight excluding hydrogens is 282 g/mol. The SMILES string of the molecule is Cc1ccc(OCCCC[NH+]2CCc3ccccc3C2)c(C)c1. The minimum absolute atomic E-state index is 0.827. The number of aryl methyl sites for hydroxylation is 2. The van der Waals surface area contributed by atoms with Crippen LogP contribution < -0.4 is 9.64 Å². The van der Waals surface area contributed by atoms with Crippen molar-refractivity contribution in [3.63, 3.8) is 0 Å². The standard InChI is InChI=1S/C21H27NO/c1-17-9-10-21(18(2)15-17)23-14-6-5-12-22-13-11-19-7-3-4-8-20(19)16-22/h3-4,7-10,15H,5-6,11-14,16H2,1-2H3/p+1. The Morgan fingerprint density at radius 2 is 1.83 bits per heavy atom. The second kappa shape index (κ2) is 7.65. The van der Waals surface area contributed by atoms with Crippen LogP contribution in [0.3, 0.4) is 0 Å². The molecule has 2 aromatic rings. The fourth-order valence-electron chi connectivity index (χ4n) is 3.48. The van der Waals surface area contributed by atoms with Gasteiger partial charge < -0.3 is 9.64 Å². The Bertz CT molecular complexity index is 650. The van der Waals surface area contributed by atoms with Crippen LogP contribution in [0.1, 0.15) is 35.1 Å². The van der Waals surface area contributed by atoms with Crippen molar-refractivity contribution in [3.8, 4) is 5.75 Å². The van der Waals surface area contributed by atoms with Crippen molar-refractivity contribution in [3.05, 3.63) is 64.7 Å². The van der Waals surface area contributed by atoms with Crippen molar-refractivity contribution >= 4 is 0 Å². The zero-order valence-electron chi connectivity index (χ0n) is 14.4. The molecule has 0 bridgehead atoms. The maximum Gasteiger partial charge on any atom is 0.122 e. The van der Waals surface area contributed by atoms with E-state index in [-0.39, 0.29) is 0 Å².